The van der Waals surface area contributed by atoms with Gasteiger partial charge in [-0.3, -0.25) is 4.31 Å². The van der Waals surface area contributed by atoms with Crippen LogP contribution >= 0.6 is 12.8 Å². The molecule has 3 aromatic rings. The fourth-order valence-corrected chi connectivity index (χ4v) is 3.38. The van der Waals surface area contributed by atoms with E-state index in [-0.39, 0.29) is 0 Å². The van der Waals surface area contributed by atoms with Crippen LogP contribution in [0.25, 0.3) is 11.1 Å². The van der Waals surface area contributed by atoms with Crippen LogP contribution in [0.15, 0.2) is 84.9 Å². The smallest absolute Gasteiger partial charge is 0.119 e. The van der Waals surface area contributed by atoms with Crippen LogP contribution in [0.5, 0.6) is 5.75 Å². The van der Waals surface area contributed by atoms with Crippen LogP contribution in [0.3, 0.4) is 0 Å². The van der Waals surface area contributed by atoms with Gasteiger partial charge in [0, 0.05) is 6.54 Å². The molecule has 0 atom stereocenters. The average molecular weight is 390 g/mol. The van der Waals surface area contributed by atoms with E-state index in [1.165, 1.54) is 27.8 Å². The molecule has 0 bridgehead atoms. The summed E-state index contributed by atoms with van der Waals surface area (Å²) < 4.78 is 7.64. The molecule has 0 radical (unpaired) electrons. The minimum atomic E-state index is 0.616. The van der Waals surface area contributed by atoms with Crippen LogP contribution in [0.2, 0.25) is 0 Å². The number of benzene rings is 3. The summed E-state index contributed by atoms with van der Waals surface area (Å²) in [6, 6.07) is 29.7. The number of hydrogen-bond acceptors (Lipinski definition) is 3. The maximum Gasteiger partial charge on any atom is 0.119 e. The monoisotopic (exact) mass is 389 g/mol. The minimum absolute atomic E-state index is 0.616. The first kappa shape index (κ1) is 20.2. The Morgan fingerprint density at radius 3 is 1.86 bits per heavy atom. The van der Waals surface area contributed by atoms with Crippen molar-refractivity contribution in [2.75, 3.05) is 20.2 Å². The second kappa shape index (κ2) is 10.2. The van der Waals surface area contributed by atoms with Crippen molar-refractivity contribution in [2.24, 2.45) is 0 Å². The third kappa shape index (κ3) is 5.28. The Balaban J connectivity index is 2.00. The first-order valence-electron chi connectivity index (χ1n) is 9.66. The number of allylic oxidation sites excluding steroid dienone is 1. The van der Waals surface area contributed by atoms with Gasteiger partial charge in [-0.05, 0) is 53.4 Å². The molecule has 0 saturated heterocycles. The topological polar surface area (TPSA) is 12.5 Å². The number of likely N-dealkylation sites (N-methyl/N-ethyl adjacent to an activating group) is 1. The van der Waals surface area contributed by atoms with Crippen molar-refractivity contribution in [3.8, 4) is 5.75 Å². The second-order valence-electron chi connectivity index (χ2n) is 6.69. The molecule has 0 amide bonds. The fraction of sp³-hybridized carbons (Fsp3) is 0.200. The van der Waals surface area contributed by atoms with E-state index < -0.39 is 0 Å². The van der Waals surface area contributed by atoms with Crippen molar-refractivity contribution in [3.05, 3.63) is 102 Å². The van der Waals surface area contributed by atoms with Crippen LogP contribution in [-0.4, -0.2) is 24.5 Å². The van der Waals surface area contributed by atoms with Crippen molar-refractivity contribution in [1.82, 2.24) is 4.31 Å². The molecule has 0 aromatic heterocycles. The predicted octanol–water partition coefficient (Wildman–Crippen LogP) is 6.21. The van der Waals surface area contributed by atoms with Crippen molar-refractivity contribution in [3.63, 3.8) is 0 Å². The van der Waals surface area contributed by atoms with E-state index in [1.807, 2.05) is 11.4 Å². The fourth-order valence-electron chi connectivity index (χ4n) is 3.30. The van der Waals surface area contributed by atoms with Crippen molar-refractivity contribution in [2.45, 2.75) is 13.3 Å². The summed E-state index contributed by atoms with van der Waals surface area (Å²) in [5, 5.41) is 0. The summed E-state index contributed by atoms with van der Waals surface area (Å²) in [6.45, 7) is 3.61. The molecule has 3 aromatic carbocycles. The molecular formula is C25H27NOS. The number of hydrogen-bond donors (Lipinski definition) is 1. The van der Waals surface area contributed by atoms with Gasteiger partial charge in [-0.1, -0.05) is 92.5 Å². The summed E-state index contributed by atoms with van der Waals surface area (Å²) >= 11 is 4.24. The normalized spacial score (nSPS) is 12.0. The predicted molar refractivity (Wildman–Crippen MR) is 123 cm³/mol. The molecule has 0 heterocycles. The van der Waals surface area contributed by atoms with Crippen LogP contribution < -0.4 is 4.74 Å². The van der Waals surface area contributed by atoms with E-state index >= 15 is 0 Å². The average Bonchev–Trinajstić information content (AvgIpc) is 2.73. The lowest BCUT2D eigenvalue weighted by Gasteiger charge is -2.17. The molecule has 0 N–H and O–H groups in total. The quantitative estimate of drug-likeness (QED) is 0.363. The standard InChI is InChI=1S/C25H27NOS/c1-3-24(20-10-6-4-7-11-20)25(21-12-8-5-9-13-21)22-14-16-23(17-15-22)27-19-18-26(2)28/h4-17,28H,3,18-19H2,1-2H3/b25-24-. The van der Waals surface area contributed by atoms with Gasteiger partial charge in [-0.25, -0.2) is 0 Å². The molecule has 0 aliphatic heterocycles. The van der Waals surface area contributed by atoms with Gasteiger partial charge >= 0.3 is 0 Å². The number of ether oxygens (including phenoxy) is 1. The first-order valence-corrected chi connectivity index (χ1v) is 10.1. The van der Waals surface area contributed by atoms with Gasteiger partial charge in [0.25, 0.3) is 0 Å². The van der Waals surface area contributed by atoms with Crippen LogP contribution in [-0.2, 0) is 0 Å². The Hall–Kier alpha value is -2.49. The molecule has 2 nitrogen and oxygen atoms in total. The highest BCUT2D eigenvalue weighted by Crippen LogP contribution is 2.34. The molecule has 0 fully saturated rings. The lowest BCUT2D eigenvalue weighted by Crippen LogP contribution is -2.14. The maximum absolute atomic E-state index is 5.82. The number of thiol groups is 1. The van der Waals surface area contributed by atoms with Gasteiger partial charge in [0.1, 0.15) is 12.4 Å². The van der Waals surface area contributed by atoms with Gasteiger partial charge in [0.05, 0.1) is 0 Å². The van der Waals surface area contributed by atoms with Crippen LogP contribution in [0, 0.1) is 0 Å². The largest absolute Gasteiger partial charge is 0.492 e. The molecule has 3 heteroatoms. The minimum Gasteiger partial charge on any atom is -0.492 e. The molecule has 28 heavy (non-hydrogen) atoms. The third-order valence-electron chi connectivity index (χ3n) is 4.67. The van der Waals surface area contributed by atoms with Gasteiger partial charge in [0.2, 0.25) is 0 Å². The van der Waals surface area contributed by atoms with Crippen LogP contribution in [0.4, 0.5) is 0 Å². The first-order chi connectivity index (χ1) is 13.7. The summed E-state index contributed by atoms with van der Waals surface area (Å²) in [7, 11) is 1.92. The van der Waals surface area contributed by atoms with Gasteiger partial charge in [-0.2, -0.15) is 0 Å². The highest BCUT2D eigenvalue weighted by molar-refractivity contribution is 7.77. The number of nitrogens with zero attached hydrogens (tertiary/aromatic N) is 1. The highest BCUT2D eigenvalue weighted by Gasteiger charge is 2.13. The molecular weight excluding hydrogens is 362 g/mol. The molecule has 0 aliphatic rings. The van der Waals surface area contributed by atoms with Crippen molar-refractivity contribution in [1.29, 1.82) is 0 Å². The lowest BCUT2D eigenvalue weighted by molar-refractivity contribution is 0.295. The van der Waals surface area contributed by atoms with E-state index in [0.717, 1.165) is 18.7 Å². The zero-order chi connectivity index (χ0) is 19.8. The third-order valence-corrected chi connectivity index (χ3v) is 4.87. The summed E-state index contributed by atoms with van der Waals surface area (Å²) in [5.41, 5.74) is 6.31. The molecule has 0 unspecified atom stereocenters. The van der Waals surface area contributed by atoms with E-state index in [4.69, 9.17) is 4.74 Å². The molecule has 3 rings (SSSR count). The van der Waals surface area contributed by atoms with E-state index in [1.54, 1.807) is 0 Å². The zero-order valence-corrected chi connectivity index (χ0v) is 17.4. The van der Waals surface area contributed by atoms with Gasteiger partial charge in [-0.15, -0.1) is 0 Å². The molecule has 0 aliphatic carbocycles. The number of rotatable bonds is 8. The molecule has 144 valence electrons. The SMILES string of the molecule is CC/C(=C(\c1ccccc1)c1ccc(OCCN(C)S)cc1)c1ccccc1. The van der Waals surface area contributed by atoms with Crippen molar-refractivity contribution >= 4 is 24.0 Å². The zero-order valence-electron chi connectivity index (χ0n) is 16.5. The highest BCUT2D eigenvalue weighted by atomic mass is 32.1. The van der Waals surface area contributed by atoms with Crippen LogP contribution in [0.1, 0.15) is 30.0 Å². The molecule has 0 spiro atoms. The van der Waals surface area contributed by atoms with E-state index in [2.05, 4.69) is 105 Å². The Morgan fingerprint density at radius 2 is 1.32 bits per heavy atom. The second-order valence-corrected chi connectivity index (χ2v) is 7.38. The summed E-state index contributed by atoms with van der Waals surface area (Å²) in [6.07, 6.45) is 0.959. The Kier molecular flexibility index (Phi) is 7.35. The molecule has 0 saturated carbocycles. The van der Waals surface area contributed by atoms with Gasteiger partial charge in [0.15, 0.2) is 0 Å². The lowest BCUT2D eigenvalue weighted by atomic mass is 9.88. The van der Waals surface area contributed by atoms with Gasteiger partial charge < -0.3 is 4.74 Å². The Morgan fingerprint density at radius 1 is 0.786 bits per heavy atom. The Labute approximate surface area is 174 Å². The maximum atomic E-state index is 5.82. The van der Waals surface area contributed by atoms with E-state index in [9.17, 15) is 0 Å². The Bertz CT molecular complexity index is 887. The summed E-state index contributed by atoms with van der Waals surface area (Å²) in [5.74, 6) is 0.879. The van der Waals surface area contributed by atoms with E-state index in [0.29, 0.717) is 6.61 Å². The van der Waals surface area contributed by atoms with Crippen molar-refractivity contribution < 1.29 is 4.74 Å². The summed E-state index contributed by atoms with van der Waals surface area (Å²) in [4.78, 5) is 0.